The van der Waals surface area contributed by atoms with E-state index in [9.17, 15) is 4.79 Å². The Morgan fingerprint density at radius 2 is 2.27 bits per heavy atom. The highest BCUT2D eigenvalue weighted by atomic mass is 32.1. The molecular formula is C15H16N4O2S. The lowest BCUT2D eigenvalue weighted by atomic mass is 10.2. The number of hydrogen-bond acceptors (Lipinski definition) is 5. The van der Waals surface area contributed by atoms with Crippen molar-refractivity contribution in [2.45, 2.75) is 13.8 Å². The van der Waals surface area contributed by atoms with Gasteiger partial charge in [0.1, 0.15) is 11.4 Å². The zero-order valence-electron chi connectivity index (χ0n) is 12.6. The zero-order chi connectivity index (χ0) is 15.7. The fraction of sp³-hybridized carbons (Fsp3) is 0.267. The van der Waals surface area contributed by atoms with Crippen molar-refractivity contribution in [3.8, 4) is 5.75 Å². The Morgan fingerprint density at radius 3 is 2.95 bits per heavy atom. The zero-order valence-corrected chi connectivity index (χ0v) is 13.4. The van der Waals surface area contributed by atoms with Gasteiger partial charge in [0.05, 0.1) is 23.0 Å². The first-order valence-electron chi connectivity index (χ1n) is 6.92. The summed E-state index contributed by atoms with van der Waals surface area (Å²) in [5.74, 6) is 0.598. The number of nitrogens with one attached hydrogen (secondary N) is 1. The molecule has 1 aromatic carbocycles. The Bertz CT molecular complexity index is 818. The summed E-state index contributed by atoms with van der Waals surface area (Å²) in [5, 5.41) is 7.47. The first-order chi connectivity index (χ1) is 10.6. The van der Waals surface area contributed by atoms with Gasteiger partial charge in [0.25, 0.3) is 5.91 Å². The third kappa shape index (κ3) is 2.67. The van der Waals surface area contributed by atoms with E-state index >= 15 is 0 Å². The molecule has 0 saturated heterocycles. The molecule has 0 saturated carbocycles. The number of hydrogen-bond donors (Lipinski definition) is 1. The van der Waals surface area contributed by atoms with Gasteiger partial charge >= 0.3 is 0 Å². The van der Waals surface area contributed by atoms with Gasteiger partial charge in [-0.1, -0.05) is 11.3 Å². The minimum Gasteiger partial charge on any atom is -0.494 e. The van der Waals surface area contributed by atoms with Crippen LogP contribution in [0.25, 0.3) is 10.2 Å². The molecule has 6 nitrogen and oxygen atoms in total. The number of carbonyl (C=O) groups excluding carboxylic acids is 1. The van der Waals surface area contributed by atoms with E-state index in [1.54, 1.807) is 17.9 Å². The summed E-state index contributed by atoms with van der Waals surface area (Å²) in [5.41, 5.74) is 2.21. The smallest absolute Gasteiger partial charge is 0.275 e. The van der Waals surface area contributed by atoms with Crippen molar-refractivity contribution in [3.05, 3.63) is 35.7 Å². The van der Waals surface area contributed by atoms with E-state index in [-0.39, 0.29) is 5.91 Å². The number of amides is 1. The molecule has 2 heterocycles. The second-order valence-electron chi connectivity index (χ2n) is 4.84. The van der Waals surface area contributed by atoms with E-state index < -0.39 is 0 Å². The summed E-state index contributed by atoms with van der Waals surface area (Å²) in [6, 6.07) is 5.70. The number of ether oxygens (including phenoxy) is 1. The summed E-state index contributed by atoms with van der Waals surface area (Å²) in [6.45, 7) is 4.42. The number of nitrogens with zero attached hydrogens (tertiary/aromatic N) is 3. The molecule has 1 amide bonds. The molecule has 3 aromatic rings. The second kappa shape index (κ2) is 5.76. The highest BCUT2D eigenvalue weighted by Crippen LogP contribution is 2.29. The average Bonchev–Trinajstić information content (AvgIpc) is 3.01. The molecular weight excluding hydrogens is 300 g/mol. The van der Waals surface area contributed by atoms with Gasteiger partial charge < -0.3 is 4.74 Å². The highest BCUT2D eigenvalue weighted by Gasteiger charge is 2.16. The molecule has 114 valence electrons. The molecule has 3 rings (SSSR count). The van der Waals surface area contributed by atoms with Crippen LogP contribution in [-0.2, 0) is 7.05 Å². The van der Waals surface area contributed by atoms with Gasteiger partial charge in [0, 0.05) is 7.05 Å². The van der Waals surface area contributed by atoms with Gasteiger partial charge in [-0.25, -0.2) is 4.98 Å². The van der Waals surface area contributed by atoms with E-state index in [0.29, 0.717) is 17.4 Å². The van der Waals surface area contributed by atoms with Gasteiger partial charge in [0.2, 0.25) is 0 Å². The van der Waals surface area contributed by atoms with Crippen molar-refractivity contribution in [1.82, 2.24) is 14.8 Å². The molecule has 0 bridgehead atoms. The minimum absolute atomic E-state index is 0.207. The van der Waals surface area contributed by atoms with Gasteiger partial charge in [-0.2, -0.15) is 5.10 Å². The Balaban J connectivity index is 1.86. The van der Waals surface area contributed by atoms with Crippen LogP contribution in [0.2, 0.25) is 0 Å². The van der Waals surface area contributed by atoms with Gasteiger partial charge in [-0.3, -0.25) is 14.8 Å². The maximum atomic E-state index is 12.3. The number of rotatable bonds is 4. The summed E-state index contributed by atoms with van der Waals surface area (Å²) in [6.07, 6.45) is 1.67. The summed E-state index contributed by atoms with van der Waals surface area (Å²) in [7, 11) is 1.74. The summed E-state index contributed by atoms with van der Waals surface area (Å²) in [4.78, 5) is 16.8. The van der Waals surface area contributed by atoms with Crippen molar-refractivity contribution >= 4 is 32.6 Å². The Labute approximate surface area is 131 Å². The molecule has 0 unspecified atom stereocenters. The summed E-state index contributed by atoms with van der Waals surface area (Å²) < 4.78 is 8.01. The summed E-state index contributed by atoms with van der Waals surface area (Å²) >= 11 is 1.42. The quantitative estimate of drug-likeness (QED) is 0.803. The molecule has 0 aliphatic heterocycles. The third-order valence-corrected chi connectivity index (χ3v) is 4.16. The fourth-order valence-corrected chi connectivity index (χ4v) is 3.13. The monoisotopic (exact) mass is 316 g/mol. The van der Waals surface area contributed by atoms with Crippen LogP contribution in [0.1, 0.15) is 23.0 Å². The minimum atomic E-state index is -0.207. The number of thiazole rings is 1. The van der Waals surface area contributed by atoms with Crippen LogP contribution in [0.15, 0.2) is 24.4 Å². The van der Waals surface area contributed by atoms with Crippen LogP contribution in [0.5, 0.6) is 5.75 Å². The van der Waals surface area contributed by atoms with E-state index in [0.717, 1.165) is 21.5 Å². The molecule has 1 N–H and O–H groups in total. The first kappa shape index (κ1) is 14.5. The number of fused-ring (bicyclic) bond motifs is 1. The van der Waals surface area contributed by atoms with Crippen molar-refractivity contribution in [1.29, 1.82) is 0 Å². The highest BCUT2D eigenvalue weighted by molar-refractivity contribution is 7.22. The predicted octanol–water partition coefficient (Wildman–Crippen LogP) is 2.99. The van der Waals surface area contributed by atoms with Gasteiger partial charge in [-0.05, 0) is 37.6 Å². The van der Waals surface area contributed by atoms with Gasteiger partial charge in [0.15, 0.2) is 5.13 Å². The van der Waals surface area contributed by atoms with E-state index in [1.807, 2.05) is 32.0 Å². The molecule has 0 aliphatic rings. The van der Waals surface area contributed by atoms with Crippen LogP contribution in [0.4, 0.5) is 5.13 Å². The lowest BCUT2D eigenvalue weighted by Gasteiger charge is -2.02. The molecule has 0 atom stereocenters. The second-order valence-corrected chi connectivity index (χ2v) is 5.87. The SMILES string of the molecule is CCOc1ccc2nc(NC(=O)c3c(C)cnn3C)sc2c1. The molecule has 0 fully saturated rings. The number of aromatic nitrogens is 3. The third-order valence-electron chi connectivity index (χ3n) is 3.23. The largest absolute Gasteiger partial charge is 0.494 e. The van der Waals surface area contributed by atoms with Crippen LogP contribution < -0.4 is 10.1 Å². The molecule has 7 heteroatoms. The van der Waals surface area contributed by atoms with E-state index in [1.165, 1.54) is 11.3 Å². The Kier molecular flexibility index (Phi) is 3.81. The first-order valence-corrected chi connectivity index (χ1v) is 7.73. The molecule has 0 spiro atoms. The number of anilines is 1. The topological polar surface area (TPSA) is 69.0 Å². The van der Waals surface area contributed by atoms with E-state index in [4.69, 9.17) is 4.74 Å². The average molecular weight is 316 g/mol. The maximum absolute atomic E-state index is 12.3. The number of aryl methyl sites for hydroxylation is 2. The number of carbonyl (C=O) groups is 1. The van der Waals surface area contributed by atoms with Crippen LogP contribution in [0, 0.1) is 6.92 Å². The molecule has 22 heavy (non-hydrogen) atoms. The maximum Gasteiger partial charge on any atom is 0.275 e. The Hall–Kier alpha value is -2.41. The van der Waals surface area contributed by atoms with Gasteiger partial charge in [-0.15, -0.1) is 0 Å². The Morgan fingerprint density at radius 1 is 1.45 bits per heavy atom. The predicted molar refractivity (Wildman–Crippen MR) is 86.7 cm³/mol. The van der Waals surface area contributed by atoms with Crippen molar-refractivity contribution in [2.75, 3.05) is 11.9 Å². The van der Waals surface area contributed by atoms with Crippen LogP contribution >= 0.6 is 11.3 Å². The fourth-order valence-electron chi connectivity index (χ4n) is 2.24. The van der Waals surface area contributed by atoms with Crippen molar-refractivity contribution in [2.24, 2.45) is 7.05 Å². The van der Waals surface area contributed by atoms with Crippen molar-refractivity contribution < 1.29 is 9.53 Å². The molecule has 0 aliphatic carbocycles. The lowest BCUT2D eigenvalue weighted by Crippen LogP contribution is -2.17. The molecule has 2 aromatic heterocycles. The normalized spacial score (nSPS) is 10.9. The number of benzene rings is 1. The molecule has 0 radical (unpaired) electrons. The van der Waals surface area contributed by atoms with Crippen LogP contribution in [0.3, 0.4) is 0 Å². The van der Waals surface area contributed by atoms with Crippen LogP contribution in [-0.4, -0.2) is 27.3 Å². The standard InChI is InChI=1S/C15H16N4O2S/c1-4-21-10-5-6-11-12(7-10)22-15(17-11)18-14(20)13-9(2)8-16-19(13)3/h5-8H,4H2,1-3H3,(H,17,18,20). The lowest BCUT2D eigenvalue weighted by molar-refractivity contribution is 0.101. The van der Waals surface area contributed by atoms with Crippen molar-refractivity contribution in [3.63, 3.8) is 0 Å². The van der Waals surface area contributed by atoms with E-state index in [2.05, 4.69) is 15.4 Å².